The van der Waals surface area contributed by atoms with Crippen molar-refractivity contribution >= 4 is 28.9 Å². The maximum atomic E-state index is 12.7. The molecule has 23 heavy (non-hydrogen) atoms. The molecule has 0 aliphatic heterocycles. The highest BCUT2D eigenvalue weighted by atomic mass is 35.5. The molecule has 0 bridgehead atoms. The third-order valence-electron chi connectivity index (χ3n) is 3.53. The van der Waals surface area contributed by atoms with E-state index in [-0.39, 0.29) is 5.69 Å². The van der Waals surface area contributed by atoms with Crippen LogP contribution >= 0.6 is 23.2 Å². The second-order valence-corrected chi connectivity index (χ2v) is 5.95. The third-order valence-corrected chi connectivity index (χ3v) is 4.16. The van der Waals surface area contributed by atoms with Gasteiger partial charge in [0.1, 0.15) is 5.82 Å². The molecule has 0 saturated carbocycles. The van der Waals surface area contributed by atoms with Crippen LogP contribution < -0.4 is 11.4 Å². The summed E-state index contributed by atoms with van der Waals surface area (Å²) in [4.78, 5) is 12.7. The molecule has 0 radical (unpaired) electrons. The molecule has 1 heterocycles. The summed E-state index contributed by atoms with van der Waals surface area (Å²) in [5.74, 6) is 0.587. The Morgan fingerprint density at radius 2 is 1.83 bits per heavy atom. The molecule has 0 unspecified atom stereocenters. The third kappa shape index (κ3) is 2.98. The van der Waals surface area contributed by atoms with Gasteiger partial charge in [0.25, 0.3) is 0 Å². The van der Waals surface area contributed by atoms with Crippen LogP contribution in [-0.2, 0) is 6.54 Å². The number of rotatable bonds is 3. The fourth-order valence-corrected chi connectivity index (χ4v) is 2.78. The highest BCUT2D eigenvalue weighted by Gasteiger charge is 2.15. The maximum Gasteiger partial charge on any atom is 0.351 e. The van der Waals surface area contributed by atoms with Gasteiger partial charge in [0.15, 0.2) is 0 Å². The molecular weight excluding hydrogens is 335 g/mol. The lowest BCUT2D eigenvalue weighted by atomic mass is 10.2. The Bertz CT molecular complexity index is 916. The van der Waals surface area contributed by atoms with Gasteiger partial charge in [-0.3, -0.25) is 4.57 Å². The molecule has 118 valence electrons. The quantitative estimate of drug-likeness (QED) is 0.738. The highest BCUT2D eigenvalue weighted by Crippen LogP contribution is 2.28. The lowest BCUT2D eigenvalue weighted by molar-refractivity contribution is 0.723. The summed E-state index contributed by atoms with van der Waals surface area (Å²) in [5.41, 5.74) is 7.29. The van der Waals surface area contributed by atoms with E-state index in [1.54, 1.807) is 17.6 Å². The number of benzene rings is 2. The second kappa shape index (κ2) is 6.10. The number of nitrogen functional groups attached to an aromatic ring is 1. The smallest absolute Gasteiger partial charge is 0.351 e. The van der Waals surface area contributed by atoms with E-state index in [0.717, 1.165) is 5.56 Å². The number of nitrogens with two attached hydrogens (primary N) is 1. The molecule has 5 nitrogen and oxygen atoms in total. The van der Waals surface area contributed by atoms with Crippen molar-refractivity contribution in [2.75, 3.05) is 5.73 Å². The Balaban J connectivity index is 2.08. The predicted octanol–water partition coefficient (Wildman–Crippen LogP) is 3.28. The first-order valence-corrected chi connectivity index (χ1v) is 7.68. The van der Waals surface area contributed by atoms with Crippen LogP contribution in [0.5, 0.6) is 0 Å². The van der Waals surface area contributed by atoms with Crippen molar-refractivity contribution < 1.29 is 0 Å². The lowest BCUT2D eigenvalue weighted by Gasteiger charge is -2.06. The minimum absolute atomic E-state index is 0.282. The number of aromatic nitrogens is 3. The standard InChI is InChI=1S/C16H14Cl2N4O/c1-10-20-22(15-8-14(19)12(17)7-13(15)18)16(23)21(10)9-11-5-3-2-4-6-11/h2-8H,9,19H2,1H3. The van der Waals surface area contributed by atoms with Gasteiger partial charge in [-0.05, 0) is 24.6 Å². The van der Waals surface area contributed by atoms with E-state index in [4.69, 9.17) is 28.9 Å². The fraction of sp³-hybridized carbons (Fsp3) is 0.125. The van der Waals surface area contributed by atoms with E-state index < -0.39 is 0 Å². The Morgan fingerprint density at radius 3 is 2.52 bits per heavy atom. The molecule has 0 aliphatic carbocycles. The number of nitrogens with zero attached hydrogens (tertiary/aromatic N) is 3. The molecule has 0 aliphatic rings. The molecule has 7 heteroatoms. The van der Waals surface area contributed by atoms with E-state index in [2.05, 4.69) is 5.10 Å². The number of anilines is 1. The lowest BCUT2D eigenvalue weighted by Crippen LogP contribution is -2.25. The van der Waals surface area contributed by atoms with Gasteiger partial charge in [0.2, 0.25) is 0 Å². The van der Waals surface area contributed by atoms with Gasteiger partial charge in [-0.15, -0.1) is 0 Å². The minimum Gasteiger partial charge on any atom is -0.397 e. The van der Waals surface area contributed by atoms with Crippen molar-refractivity contribution in [1.29, 1.82) is 0 Å². The van der Waals surface area contributed by atoms with Crippen molar-refractivity contribution in [1.82, 2.24) is 14.3 Å². The summed E-state index contributed by atoms with van der Waals surface area (Å²) in [5, 5.41) is 4.95. The summed E-state index contributed by atoms with van der Waals surface area (Å²) in [6.45, 7) is 2.21. The summed E-state index contributed by atoms with van der Waals surface area (Å²) in [6.07, 6.45) is 0. The topological polar surface area (TPSA) is 65.8 Å². The molecule has 0 spiro atoms. The first kappa shape index (κ1) is 15.6. The van der Waals surface area contributed by atoms with Gasteiger partial charge < -0.3 is 5.73 Å². The zero-order valence-electron chi connectivity index (χ0n) is 12.3. The molecule has 3 rings (SSSR count). The number of hydrogen-bond acceptors (Lipinski definition) is 3. The van der Waals surface area contributed by atoms with Crippen molar-refractivity contribution in [2.24, 2.45) is 0 Å². The highest BCUT2D eigenvalue weighted by molar-refractivity contribution is 6.37. The average Bonchev–Trinajstić information content (AvgIpc) is 2.80. The van der Waals surface area contributed by atoms with Gasteiger partial charge >= 0.3 is 5.69 Å². The zero-order chi connectivity index (χ0) is 16.6. The molecule has 2 N–H and O–H groups in total. The first-order valence-electron chi connectivity index (χ1n) is 6.92. The van der Waals surface area contributed by atoms with Gasteiger partial charge in [0, 0.05) is 0 Å². The van der Waals surface area contributed by atoms with Gasteiger partial charge in [0.05, 0.1) is 28.0 Å². The summed E-state index contributed by atoms with van der Waals surface area (Å²) >= 11 is 12.1. The van der Waals surface area contributed by atoms with Gasteiger partial charge in [-0.25, -0.2) is 4.79 Å². The van der Waals surface area contributed by atoms with Gasteiger partial charge in [-0.2, -0.15) is 9.78 Å². The Morgan fingerprint density at radius 1 is 1.13 bits per heavy atom. The van der Waals surface area contributed by atoms with Crippen LogP contribution in [0.1, 0.15) is 11.4 Å². The van der Waals surface area contributed by atoms with Crippen molar-refractivity contribution in [2.45, 2.75) is 13.5 Å². The van der Waals surface area contributed by atoms with Crippen molar-refractivity contribution in [3.8, 4) is 5.69 Å². The van der Waals surface area contributed by atoms with Crippen LogP contribution in [0.4, 0.5) is 5.69 Å². The van der Waals surface area contributed by atoms with Crippen molar-refractivity contribution in [3.05, 3.63) is 74.4 Å². The van der Waals surface area contributed by atoms with E-state index in [9.17, 15) is 4.79 Å². The summed E-state index contributed by atoms with van der Waals surface area (Å²) in [6, 6.07) is 12.7. The Hall–Kier alpha value is -2.24. The number of halogens is 2. The normalized spacial score (nSPS) is 10.9. The molecular formula is C16H14Cl2N4O. The van der Waals surface area contributed by atoms with Crippen LogP contribution in [0.15, 0.2) is 47.3 Å². The number of aryl methyl sites for hydroxylation is 1. The Labute approximate surface area is 142 Å². The molecule has 0 saturated heterocycles. The van der Waals surface area contributed by atoms with Crippen LogP contribution in [0.2, 0.25) is 10.0 Å². The first-order chi connectivity index (χ1) is 11.0. The largest absolute Gasteiger partial charge is 0.397 e. The second-order valence-electron chi connectivity index (χ2n) is 5.14. The van der Waals surface area contributed by atoms with E-state index in [0.29, 0.717) is 33.8 Å². The van der Waals surface area contributed by atoms with Crippen LogP contribution in [0, 0.1) is 6.92 Å². The summed E-state index contributed by atoms with van der Waals surface area (Å²) < 4.78 is 2.82. The molecule has 0 amide bonds. The molecule has 0 atom stereocenters. The predicted molar refractivity (Wildman–Crippen MR) is 92.5 cm³/mol. The van der Waals surface area contributed by atoms with Crippen LogP contribution in [0.3, 0.4) is 0 Å². The van der Waals surface area contributed by atoms with E-state index in [1.165, 1.54) is 10.7 Å². The fourth-order valence-electron chi connectivity index (χ4n) is 2.32. The average molecular weight is 349 g/mol. The molecule has 3 aromatic rings. The van der Waals surface area contributed by atoms with Crippen LogP contribution in [0.25, 0.3) is 5.69 Å². The van der Waals surface area contributed by atoms with Crippen molar-refractivity contribution in [3.63, 3.8) is 0 Å². The van der Waals surface area contributed by atoms with Crippen LogP contribution in [-0.4, -0.2) is 14.3 Å². The number of hydrogen-bond donors (Lipinski definition) is 1. The molecule has 0 fully saturated rings. The Kier molecular flexibility index (Phi) is 4.15. The molecule has 2 aromatic carbocycles. The molecule has 1 aromatic heterocycles. The van der Waals surface area contributed by atoms with E-state index in [1.807, 2.05) is 30.3 Å². The van der Waals surface area contributed by atoms with E-state index >= 15 is 0 Å². The van der Waals surface area contributed by atoms with Gasteiger partial charge in [-0.1, -0.05) is 53.5 Å². The monoisotopic (exact) mass is 348 g/mol. The minimum atomic E-state index is -0.282. The summed E-state index contributed by atoms with van der Waals surface area (Å²) in [7, 11) is 0. The zero-order valence-corrected chi connectivity index (χ0v) is 13.8. The SMILES string of the molecule is Cc1nn(-c2cc(N)c(Cl)cc2Cl)c(=O)n1Cc1ccccc1. The maximum absolute atomic E-state index is 12.7.